The number of hydrogen-bond acceptors (Lipinski definition) is 3. The molecule has 0 amide bonds. The molecule has 0 spiro atoms. The van der Waals surface area contributed by atoms with Crippen LogP contribution in [0.5, 0.6) is 0 Å². The molecule has 1 N–H and O–H groups in total. The minimum Gasteiger partial charge on any atom is -0.481 e. The molecule has 0 aliphatic rings. The van der Waals surface area contributed by atoms with Gasteiger partial charge in [-0.2, -0.15) is 0 Å². The smallest absolute Gasteiger partial charge is 0.307 e. The lowest BCUT2D eigenvalue weighted by atomic mass is 9.97. The average molecular weight is 579 g/mol. The Labute approximate surface area is 255 Å². The van der Waals surface area contributed by atoms with Gasteiger partial charge in [-0.15, -0.1) is 0 Å². The second kappa shape index (κ2) is 33.2. The number of carboxylic acid groups (broad SMARTS) is 1. The van der Waals surface area contributed by atoms with E-state index < -0.39 is 11.9 Å². The fourth-order valence-electron chi connectivity index (χ4n) is 5.55. The van der Waals surface area contributed by atoms with Crippen LogP contribution in [0.3, 0.4) is 0 Å². The van der Waals surface area contributed by atoms with Crippen molar-refractivity contribution in [3.63, 3.8) is 0 Å². The molecular formula is C37H70O4. The van der Waals surface area contributed by atoms with E-state index in [9.17, 15) is 14.7 Å². The normalized spacial score (nSPS) is 12.2. The van der Waals surface area contributed by atoms with Gasteiger partial charge in [-0.3, -0.25) is 9.59 Å². The third-order valence-electron chi connectivity index (χ3n) is 8.29. The summed E-state index contributed by atoms with van der Waals surface area (Å²) in [6.45, 7) is 4.60. The zero-order chi connectivity index (χ0) is 30.1. The maximum Gasteiger partial charge on any atom is 0.307 e. The van der Waals surface area contributed by atoms with Crippen LogP contribution in [0, 0.1) is 5.92 Å². The molecule has 1 atom stereocenters. The van der Waals surface area contributed by atoms with Crippen LogP contribution in [-0.4, -0.2) is 23.7 Å². The standard InChI is InChI=1S/C37H70O4/c1-3-5-6-7-8-9-10-11-12-13-14-15-16-17-18-19-20-21-22-23-24-25-26-27-28-29-30-31-32-35(37(39)40)34-36(38)41-33-4-2/h18-19,35H,3-17,20-34H2,1-2H3,(H,39,40)/b19-18+. The van der Waals surface area contributed by atoms with Crippen molar-refractivity contribution >= 4 is 11.9 Å². The molecule has 41 heavy (non-hydrogen) atoms. The number of esters is 1. The summed E-state index contributed by atoms with van der Waals surface area (Å²) in [5, 5.41) is 9.34. The van der Waals surface area contributed by atoms with Crippen molar-refractivity contribution in [1.82, 2.24) is 0 Å². The van der Waals surface area contributed by atoms with Gasteiger partial charge < -0.3 is 9.84 Å². The number of aliphatic carboxylic acids is 1. The lowest BCUT2D eigenvalue weighted by Gasteiger charge is -2.11. The highest BCUT2D eigenvalue weighted by molar-refractivity contribution is 5.78. The molecule has 242 valence electrons. The van der Waals surface area contributed by atoms with Crippen LogP contribution in [0.1, 0.15) is 200 Å². The quantitative estimate of drug-likeness (QED) is 0.0478. The van der Waals surface area contributed by atoms with E-state index in [0.29, 0.717) is 13.0 Å². The van der Waals surface area contributed by atoms with Crippen molar-refractivity contribution in [2.45, 2.75) is 200 Å². The van der Waals surface area contributed by atoms with Gasteiger partial charge in [0.25, 0.3) is 0 Å². The van der Waals surface area contributed by atoms with Crippen LogP contribution in [0.25, 0.3) is 0 Å². The molecule has 0 fully saturated rings. The lowest BCUT2D eigenvalue weighted by molar-refractivity contribution is -0.151. The third kappa shape index (κ3) is 31.4. The highest BCUT2D eigenvalue weighted by Gasteiger charge is 2.21. The summed E-state index contributed by atoms with van der Waals surface area (Å²) in [7, 11) is 0. The van der Waals surface area contributed by atoms with E-state index >= 15 is 0 Å². The molecule has 4 nitrogen and oxygen atoms in total. The SMILES string of the molecule is CCCCCCCCCCCCCCC/C=C/CCCCCCCCCCCCCC(CC(=O)OCCC)C(=O)O. The zero-order valence-electron chi connectivity index (χ0n) is 27.6. The van der Waals surface area contributed by atoms with Crippen molar-refractivity contribution < 1.29 is 19.4 Å². The first kappa shape index (κ1) is 39.7. The first-order chi connectivity index (χ1) is 20.1. The molecule has 1 unspecified atom stereocenters. The van der Waals surface area contributed by atoms with Crippen LogP contribution in [0.15, 0.2) is 12.2 Å². The van der Waals surface area contributed by atoms with E-state index in [1.54, 1.807) is 0 Å². The van der Waals surface area contributed by atoms with Crippen molar-refractivity contribution in [2.75, 3.05) is 6.61 Å². The summed E-state index contributed by atoms with van der Waals surface area (Å²) in [5.74, 6) is -1.85. The number of allylic oxidation sites excluding steroid dienone is 2. The molecule has 0 bridgehead atoms. The largest absolute Gasteiger partial charge is 0.481 e. The molecule has 0 aromatic carbocycles. The Balaban J connectivity index is 3.31. The van der Waals surface area contributed by atoms with Gasteiger partial charge in [0, 0.05) is 0 Å². The Morgan fingerprint density at radius 1 is 0.537 bits per heavy atom. The van der Waals surface area contributed by atoms with Crippen molar-refractivity contribution in [3.05, 3.63) is 12.2 Å². The topological polar surface area (TPSA) is 63.6 Å². The van der Waals surface area contributed by atoms with Crippen molar-refractivity contribution in [1.29, 1.82) is 0 Å². The number of carbonyl (C=O) groups excluding carboxylic acids is 1. The fraction of sp³-hybridized carbons (Fsp3) is 0.892. The Bertz CT molecular complexity index is 585. The number of rotatable bonds is 33. The molecule has 0 heterocycles. The molecule has 0 saturated carbocycles. The summed E-state index contributed by atoms with van der Waals surface area (Å²) < 4.78 is 5.03. The van der Waals surface area contributed by atoms with E-state index in [4.69, 9.17) is 4.74 Å². The predicted octanol–water partition coefficient (Wildman–Crippen LogP) is 12.1. The van der Waals surface area contributed by atoms with Crippen LogP contribution in [-0.2, 0) is 14.3 Å². The van der Waals surface area contributed by atoms with Crippen LogP contribution < -0.4 is 0 Å². The van der Waals surface area contributed by atoms with Crippen LogP contribution in [0.2, 0.25) is 0 Å². The fourth-order valence-corrected chi connectivity index (χ4v) is 5.55. The molecule has 0 rings (SSSR count). The molecule has 0 aromatic heterocycles. The predicted molar refractivity (Wildman–Crippen MR) is 176 cm³/mol. The van der Waals surface area contributed by atoms with E-state index in [2.05, 4.69) is 19.1 Å². The molecule has 0 aliphatic heterocycles. The Kier molecular flexibility index (Phi) is 32.1. The molecule has 4 heteroatoms. The maximum atomic E-state index is 11.7. The number of ether oxygens (including phenoxy) is 1. The van der Waals surface area contributed by atoms with Gasteiger partial charge in [-0.05, 0) is 38.5 Å². The highest BCUT2D eigenvalue weighted by atomic mass is 16.5. The highest BCUT2D eigenvalue weighted by Crippen LogP contribution is 2.18. The number of unbranched alkanes of at least 4 members (excludes halogenated alkanes) is 24. The summed E-state index contributed by atoms with van der Waals surface area (Å²) in [6, 6.07) is 0. The van der Waals surface area contributed by atoms with E-state index in [1.165, 1.54) is 148 Å². The lowest BCUT2D eigenvalue weighted by Crippen LogP contribution is -2.19. The van der Waals surface area contributed by atoms with Gasteiger partial charge in [0.15, 0.2) is 0 Å². The minimum atomic E-state index is -0.875. The van der Waals surface area contributed by atoms with Gasteiger partial charge in [-0.1, -0.05) is 167 Å². The Hall–Kier alpha value is -1.32. The minimum absolute atomic E-state index is 0.00509. The third-order valence-corrected chi connectivity index (χ3v) is 8.29. The van der Waals surface area contributed by atoms with Crippen molar-refractivity contribution in [3.8, 4) is 0 Å². The Morgan fingerprint density at radius 2 is 0.902 bits per heavy atom. The van der Waals surface area contributed by atoms with Gasteiger partial charge >= 0.3 is 11.9 Å². The molecular weight excluding hydrogens is 508 g/mol. The first-order valence-electron chi connectivity index (χ1n) is 18.1. The van der Waals surface area contributed by atoms with E-state index in [1.807, 2.05) is 6.92 Å². The van der Waals surface area contributed by atoms with E-state index in [0.717, 1.165) is 25.7 Å². The van der Waals surface area contributed by atoms with Crippen LogP contribution in [0.4, 0.5) is 0 Å². The molecule has 0 radical (unpaired) electrons. The first-order valence-corrected chi connectivity index (χ1v) is 18.1. The average Bonchev–Trinajstić information content (AvgIpc) is 2.96. The second-order valence-corrected chi connectivity index (χ2v) is 12.4. The van der Waals surface area contributed by atoms with Crippen molar-refractivity contribution in [2.24, 2.45) is 5.92 Å². The van der Waals surface area contributed by atoms with Gasteiger partial charge in [0.2, 0.25) is 0 Å². The molecule has 0 aromatic rings. The summed E-state index contributed by atoms with van der Waals surface area (Å²) in [4.78, 5) is 23.1. The van der Waals surface area contributed by atoms with E-state index in [-0.39, 0.29) is 12.4 Å². The molecule has 0 saturated heterocycles. The monoisotopic (exact) mass is 579 g/mol. The summed E-state index contributed by atoms with van der Waals surface area (Å²) in [6.07, 6.45) is 41.0. The number of carboxylic acids is 1. The summed E-state index contributed by atoms with van der Waals surface area (Å²) in [5.41, 5.74) is 0. The second-order valence-electron chi connectivity index (χ2n) is 12.4. The summed E-state index contributed by atoms with van der Waals surface area (Å²) >= 11 is 0. The zero-order valence-corrected chi connectivity index (χ0v) is 27.6. The maximum absolute atomic E-state index is 11.7. The van der Waals surface area contributed by atoms with Gasteiger partial charge in [-0.25, -0.2) is 0 Å². The number of hydrogen-bond donors (Lipinski definition) is 1. The van der Waals surface area contributed by atoms with Gasteiger partial charge in [0.1, 0.15) is 0 Å². The van der Waals surface area contributed by atoms with Gasteiger partial charge in [0.05, 0.1) is 18.9 Å². The molecule has 0 aliphatic carbocycles. The Morgan fingerprint density at radius 3 is 1.27 bits per heavy atom. The number of carbonyl (C=O) groups is 2. The van der Waals surface area contributed by atoms with Crippen LogP contribution >= 0.6 is 0 Å².